The summed E-state index contributed by atoms with van der Waals surface area (Å²) in [5.41, 5.74) is 0.746. The number of carbonyl (C=O) groups excluding carboxylic acids is 1. The van der Waals surface area contributed by atoms with Crippen LogP contribution in [0.5, 0.6) is 5.88 Å². The highest BCUT2D eigenvalue weighted by Gasteiger charge is 2.54. The molecule has 2 aromatic heterocycles. The van der Waals surface area contributed by atoms with Gasteiger partial charge in [-0.3, -0.25) is 4.79 Å². The molecule has 1 spiro atoms. The zero-order valence-electron chi connectivity index (χ0n) is 25.3. The first kappa shape index (κ1) is 30.5. The molecule has 2 saturated carbocycles. The van der Waals surface area contributed by atoms with Crippen LogP contribution in [0.25, 0.3) is 5.69 Å². The molecule has 2 atom stereocenters. The van der Waals surface area contributed by atoms with E-state index >= 15 is 4.39 Å². The van der Waals surface area contributed by atoms with Crippen LogP contribution in [0, 0.1) is 23.1 Å². The molecule has 0 radical (unpaired) electrons. The number of benzene rings is 1. The molecular weight excluding hydrogens is 583 g/mol. The van der Waals surface area contributed by atoms with Crippen LogP contribution in [0.1, 0.15) is 75.6 Å². The van der Waals surface area contributed by atoms with E-state index < -0.39 is 27.3 Å². The van der Waals surface area contributed by atoms with Crippen LogP contribution in [-0.2, 0) is 10.0 Å². The molecule has 1 unspecified atom stereocenters. The maximum Gasteiger partial charge on any atom is 0.281 e. The van der Waals surface area contributed by atoms with E-state index in [0.29, 0.717) is 41.9 Å². The molecule has 3 heterocycles. The average molecular weight is 625 g/mol. The smallest absolute Gasteiger partial charge is 0.281 e. The summed E-state index contributed by atoms with van der Waals surface area (Å²) in [5, 5.41) is 10.7. The zero-order chi connectivity index (χ0) is 31.0. The van der Waals surface area contributed by atoms with E-state index in [1.807, 2.05) is 4.72 Å². The van der Waals surface area contributed by atoms with Gasteiger partial charge in [0.05, 0.1) is 17.9 Å². The van der Waals surface area contributed by atoms with Gasteiger partial charge in [0.25, 0.3) is 15.9 Å². The fourth-order valence-corrected chi connectivity index (χ4v) is 7.62. The number of sulfonamides is 1. The minimum Gasteiger partial charge on any atom is -0.477 e. The van der Waals surface area contributed by atoms with Crippen molar-refractivity contribution in [1.29, 1.82) is 0 Å². The molecule has 44 heavy (non-hydrogen) atoms. The lowest BCUT2D eigenvalue weighted by Crippen LogP contribution is -2.32. The standard InChI is InChI=1S/C32H41FN6O4S/c1-31(2)20-22(21-35-31)5-4-16-34-27-6-3-7-29(36-27)44(41,42)38-30(40)25-9-8-24(19-26(25)33)39-17-11-28(37-39)43-18-12-23-10-13-32(23)14-15-32/h3,6-9,11,17,19,22-23,35H,4-5,10,12-16,18,20-21H2,1-2H3,(H,34,36)(H,38,40)/t22-,23?/m0/s1. The third kappa shape index (κ3) is 6.91. The Bertz CT molecular complexity index is 1620. The summed E-state index contributed by atoms with van der Waals surface area (Å²) in [6.07, 6.45) is 11.1. The minimum absolute atomic E-state index is 0.171. The number of ether oxygens (including phenoxy) is 1. The Morgan fingerprint density at radius 3 is 2.70 bits per heavy atom. The van der Waals surface area contributed by atoms with E-state index in [4.69, 9.17) is 4.74 Å². The molecule has 12 heteroatoms. The van der Waals surface area contributed by atoms with Gasteiger partial charge < -0.3 is 15.4 Å². The van der Waals surface area contributed by atoms with E-state index in [-0.39, 0.29) is 10.6 Å². The maximum absolute atomic E-state index is 15.0. The SMILES string of the molecule is CC1(C)C[C@H](CCCNc2cccc(S(=O)(=O)NC(=O)c3ccc(-n4ccc(OCCC5CCC56CC6)n4)cc3F)n2)CN1. The lowest BCUT2D eigenvalue weighted by Gasteiger charge is -2.37. The molecule has 3 fully saturated rings. The van der Waals surface area contributed by atoms with Gasteiger partial charge in [-0.05, 0) is 113 Å². The van der Waals surface area contributed by atoms with Crippen molar-refractivity contribution in [1.82, 2.24) is 24.8 Å². The predicted octanol–water partition coefficient (Wildman–Crippen LogP) is 5.06. The topological polar surface area (TPSA) is 127 Å². The van der Waals surface area contributed by atoms with E-state index in [1.165, 1.54) is 48.6 Å². The number of hydrogen-bond acceptors (Lipinski definition) is 8. The molecule has 2 aliphatic carbocycles. The number of hydrogen-bond donors (Lipinski definition) is 3. The second-order valence-electron chi connectivity index (χ2n) is 13.2. The Kier molecular flexibility index (Phi) is 8.40. The summed E-state index contributed by atoms with van der Waals surface area (Å²) in [4.78, 5) is 17.0. The largest absolute Gasteiger partial charge is 0.477 e. The van der Waals surface area contributed by atoms with Crippen molar-refractivity contribution >= 4 is 21.7 Å². The van der Waals surface area contributed by atoms with Gasteiger partial charge in [0.1, 0.15) is 11.6 Å². The first-order chi connectivity index (χ1) is 21.0. The Morgan fingerprint density at radius 2 is 2.00 bits per heavy atom. The Morgan fingerprint density at radius 1 is 1.16 bits per heavy atom. The monoisotopic (exact) mass is 624 g/mol. The summed E-state index contributed by atoms with van der Waals surface area (Å²) >= 11 is 0. The fourth-order valence-electron chi connectivity index (χ4n) is 6.68. The molecule has 0 bridgehead atoms. The quantitative estimate of drug-likeness (QED) is 0.225. The zero-order valence-corrected chi connectivity index (χ0v) is 26.1. The Balaban J connectivity index is 1.01. The predicted molar refractivity (Wildman–Crippen MR) is 165 cm³/mol. The van der Waals surface area contributed by atoms with Crippen molar-refractivity contribution in [3.8, 4) is 11.6 Å². The third-order valence-electron chi connectivity index (χ3n) is 9.48. The van der Waals surface area contributed by atoms with Crippen molar-refractivity contribution in [2.75, 3.05) is 25.0 Å². The van der Waals surface area contributed by atoms with E-state index in [9.17, 15) is 13.2 Å². The van der Waals surface area contributed by atoms with E-state index in [1.54, 1.807) is 24.4 Å². The highest BCUT2D eigenvalue weighted by molar-refractivity contribution is 7.90. The summed E-state index contributed by atoms with van der Waals surface area (Å²) in [5.74, 6) is 0.233. The number of anilines is 1. The van der Waals surface area contributed by atoms with Gasteiger partial charge >= 0.3 is 0 Å². The fraction of sp³-hybridized carbons (Fsp3) is 0.531. The number of rotatable bonds is 13. The summed E-state index contributed by atoms with van der Waals surface area (Å²) < 4.78 is 50.1. The van der Waals surface area contributed by atoms with Gasteiger partial charge in [-0.15, -0.1) is 5.10 Å². The molecule has 3 N–H and O–H groups in total. The molecule has 1 aromatic carbocycles. The second-order valence-corrected chi connectivity index (χ2v) is 14.8. The number of nitrogens with zero attached hydrogens (tertiary/aromatic N) is 3. The highest BCUT2D eigenvalue weighted by atomic mass is 32.2. The summed E-state index contributed by atoms with van der Waals surface area (Å²) in [6, 6.07) is 10.1. The Hall–Kier alpha value is -3.51. The van der Waals surface area contributed by atoms with Crippen LogP contribution >= 0.6 is 0 Å². The van der Waals surface area contributed by atoms with Gasteiger partial charge in [-0.1, -0.05) is 6.07 Å². The lowest BCUT2D eigenvalue weighted by atomic mass is 9.69. The van der Waals surface area contributed by atoms with Gasteiger partial charge in [-0.25, -0.2) is 18.8 Å². The van der Waals surface area contributed by atoms with Crippen molar-refractivity contribution in [2.45, 2.75) is 75.8 Å². The Labute approximate surface area is 258 Å². The summed E-state index contributed by atoms with van der Waals surface area (Å²) in [6.45, 7) is 6.64. The molecule has 6 rings (SSSR count). The molecule has 236 valence electrons. The molecule has 1 saturated heterocycles. The average Bonchev–Trinajstić information content (AvgIpc) is 3.57. The number of pyridine rings is 1. The van der Waals surface area contributed by atoms with Crippen molar-refractivity contribution in [3.05, 3.63) is 60.0 Å². The third-order valence-corrected chi connectivity index (χ3v) is 10.7. The van der Waals surface area contributed by atoms with Crippen LogP contribution in [0.4, 0.5) is 10.2 Å². The first-order valence-corrected chi connectivity index (χ1v) is 17.0. The second kappa shape index (κ2) is 12.1. The number of carbonyl (C=O) groups is 1. The highest BCUT2D eigenvalue weighted by Crippen LogP contribution is 2.65. The number of amides is 1. The molecule has 3 aromatic rings. The van der Waals surface area contributed by atoms with Crippen LogP contribution in [0.3, 0.4) is 0 Å². The van der Waals surface area contributed by atoms with Gasteiger partial charge in [0.2, 0.25) is 5.88 Å². The lowest BCUT2D eigenvalue weighted by molar-refractivity contribution is 0.0977. The van der Waals surface area contributed by atoms with Crippen LogP contribution in [-0.4, -0.2) is 54.3 Å². The number of halogens is 1. The van der Waals surface area contributed by atoms with Crippen molar-refractivity contribution in [3.63, 3.8) is 0 Å². The van der Waals surface area contributed by atoms with Crippen LogP contribution < -0.4 is 20.1 Å². The van der Waals surface area contributed by atoms with Gasteiger partial charge in [0.15, 0.2) is 5.03 Å². The molecular formula is C32H41FN6O4S. The summed E-state index contributed by atoms with van der Waals surface area (Å²) in [7, 11) is -4.34. The first-order valence-electron chi connectivity index (χ1n) is 15.5. The van der Waals surface area contributed by atoms with Crippen LogP contribution in [0.15, 0.2) is 53.7 Å². The van der Waals surface area contributed by atoms with E-state index in [2.05, 4.69) is 34.6 Å². The van der Waals surface area contributed by atoms with Crippen molar-refractivity contribution in [2.24, 2.45) is 17.3 Å². The van der Waals surface area contributed by atoms with Gasteiger partial charge in [-0.2, -0.15) is 8.42 Å². The van der Waals surface area contributed by atoms with Crippen LogP contribution in [0.2, 0.25) is 0 Å². The maximum atomic E-state index is 15.0. The van der Waals surface area contributed by atoms with Gasteiger partial charge in [0, 0.05) is 30.4 Å². The normalized spacial score (nSPS) is 21.5. The number of aromatic nitrogens is 3. The molecule has 10 nitrogen and oxygen atoms in total. The molecule has 1 amide bonds. The molecule has 1 aliphatic heterocycles. The number of nitrogens with one attached hydrogen (secondary N) is 3. The minimum atomic E-state index is -4.34. The van der Waals surface area contributed by atoms with Crippen molar-refractivity contribution < 1.29 is 22.3 Å². The molecule has 3 aliphatic rings. The van der Waals surface area contributed by atoms with E-state index in [0.717, 1.165) is 44.2 Å².